The van der Waals surface area contributed by atoms with Crippen LogP contribution in [0.4, 0.5) is 4.39 Å². The van der Waals surface area contributed by atoms with Crippen molar-refractivity contribution in [1.82, 2.24) is 14.5 Å². The van der Waals surface area contributed by atoms with E-state index in [1.807, 2.05) is 0 Å². The topological polar surface area (TPSA) is 75.4 Å². The average molecular weight is 367 g/mol. The normalized spacial score (nSPS) is 18.8. The van der Waals surface area contributed by atoms with E-state index in [1.165, 1.54) is 12.3 Å². The van der Waals surface area contributed by atoms with Gasteiger partial charge in [-0.3, -0.25) is 4.90 Å². The van der Waals surface area contributed by atoms with Crippen LogP contribution in [-0.4, -0.2) is 53.4 Å². The molecule has 0 unspecified atom stereocenters. The number of aliphatic hydroxyl groups excluding tert-OH is 1. The number of halogens is 1. The SMILES string of the molecule is CS(=O)(=O)c1ncc(CN2CCC[C@H]2CO)n1Cc1ccccc1F. The van der Waals surface area contributed by atoms with Crippen LogP contribution in [0.15, 0.2) is 35.6 Å². The van der Waals surface area contributed by atoms with Crippen LogP contribution in [0.5, 0.6) is 0 Å². The molecule has 1 aliphatic rings. The van der Waals surface area contributed by atoms with Crippen LogP contribution < -0.4 is 0 Å². The van der Waals surface area contributed by atoms with E-state index >= 15 is 0 Å². The monoisotopic (exact) mass is 367 g/mol. The van der Waals surface area contributed by atoms with E-state index in [-0.39, 0.29) is 30.2 Å². The Morgan fingerprint density at radius 1 is 1.32 bits per heavy atom. The van der Waals surface area contributed by atoms with Crippen molar-refractivity contribution in [2.75, 3.05) is 19.4 Å². The lowest BCUT2D eigenvalue weighted by molar-refractivity contribution is 0.151. The van der Waals surface area contributed by atoms with Crippen molar-refractivity contribution in [3.63, 3.8) is 0 Å². The van der Waals surface area contributed by atoms with Crippen molar-refractivity contribution in [2.24, 2.45) is 0 Å². The Hall–Kier alpha value is -1.77. The molecule has 8 heteroatoms. The van der Waals surface area contributed by atoms with Crippen molar-refractivity contribution < 1.29 is 17.9 Å². The molecule has 136 valence electrons. The highest BCUT2D eigenvalue weighted by atomic mass is 32.2. The fourth-order valence-electron chi connectivity index (χ4n) is 3.30. The largest absolute Gasteiger partial charge is 0.395 e. The summed E-state index contributed by atoms with van der Waals surface area (Å²) in [7, 11) is -3.54. The molecule has 0 aliphatic carbocycles. The lowest BCUT2D eigenvalue weighted by Gasteiger charge is -2.23. The molecule has 2 aromatic rings. The molecule has 3 rings (SSSR count). The van der Waals surface area contributed by atoms with E-state index in [4.69, 9.17) is 0 Å². The van der Waals surface area contributed by atoms with E-state index < -0.39 is 9.84 Å². The highest BCUT2D eigenvalue weighted by molar-refractivity contribution is 7.90. The third-order valence-electron chi connectivity index (χ3n) is 4.59. The summed E-state index contributed by atoms with van der Waals surface area (Å²) in [6, 6.07) is 6.38. The molecule has 0 amide bonds. The van der Waals surface area contributed by atoms with Crippen molar-refractivity contribution >= 4 is 9.84 Å². The molecular formula is C17H22FN3O3S. The minimum atomic E-state index is -3.54. The smallest absolute Gasteiger partial charge is 0.227 e. The summed E-state index contributed by atoms with van der Waals surface area (Å²) in [5, 5.41) is 9.42. The molecule has 0 saturated carbocycles. The maximum atomic E-state index is 14.0. The van der Waals surface area contributed by atoms with E-state index in [0.717, 1.165) is 25.6 Å². The molecule has 25 heavy (non-hydrogen) atoms. The first-order valence-electron chi connectivity index (χ1n) is 8.23. The Kier molecular flexibility index (Phi) is 5.21. The van der Waals surface area contributed by atoms with Gasteiger partial charge in [0.25, 0.3) is 0 Å². The van der Waals surface area contributed by atoms with Crippen molar-refractivity contribution in [1.29, 1.82) is 0 Å². The second kappa shape index (κ2) is 7.23. The predicted molar refractivity (Wildman–Crippen MR) is 91.4 cm³/mol. The highest BCUT2D eigenvalue weighted by Crippen LogP contribution is 2.22. The zero-order valence-corrected chi connectivity index (χ0v) is 14.9. The van der Waals surface area contributed by atoms with Gasteiger partial charge >= 0.3 is 0 Å². The van der Waals surface area contributed by atoms with Gasteiger partial charge in [0.15, 0.2) is 0 Å². The summed E-state index contributed by atoms with van der Waals surface area (Å²) in [6.07, 6.45) is 4.54. The van der Waals surface area contributed by atoms with Crippen LogP contribution in [0.25, 0.3) is 0 Å². The van der Waals surface area contributed by atoms with Gasteiger partial charge < -0.3 is 9.67 Å². The van der Waals surface area contributed by atoms with Gasteiger partial charge in [-0.15, -0.1) is 0 Å². The van der Waals surface area contributed by atoms with Gasteiger partial charge in [0.2, 0.25) is 15.0 Å². The number of hydrogen-bond acceptors (Lipinski definition) is 5. The first kappa shape index (κ1) is 18.0. The van der Waals surface area contributed by atoms with Crippen LogP contribution in [0.1, 0.15) is 24.1 Å². The van der Waals surface area contributed by atoms with E-state index in [1.54, 1.807) is 22.8 Å². The molecule has 0 bridgehead atoms. The Bertz CT molecular complexity index is 851. The van der Waals surface area contributed by atoms with Crippen molar-refractivity contribution in [3.05, 3.63) is 47.5 Å². The van der Waals surface area contributed by atoms with E-state index in [9.17, 15) is 17.9 Å². The Morgan fingerprint density at radius 3 is 2.76 bits per heavy atom. The quantitative estimate of drug-likeness (QED) is 0.836. The average Bonchev–Trinajstić information content (AvgIpc) is 3.16. The van der Waals surface area contributed by atoms with Gasteiger partial charge in [-0.25, -0.2) is 17.8 Å². The standard InChI is InChI=1S/C17H22FN3O3S/c1-25(23,24)17-19-9-15(11-20-8-4-6-14(20)12-22)21(17)10-13-5-2-3-7-16(13)18/h2-3,5,7,9,14,22H,4,6,8,10-12H2,1H3/t14-/m0/s1. The third-order valence-corrected chi connectivity index (χ3v) is 5.58. The number of likely N-dealkylation sites (tertiary alicyclic amines) is 1. The number of rotatable bonds is 6. The summed E-state index contributed by atoms with van der Waals surface area (Å²) in [6.45, 7) is 1.48. The second-order valence-corrected chi connectivity index (χ2v) is 8.34. The molecule has 1 aliphatic heterocycles. The van der Waals surface area contributed by atoms with Crippen LogP contribution in [0.3, 0.4) is 0 Å². The molecule has 6 nitrogen and oxygen atoms in total. The molecular weight excluding hydrogens is 345 g/mol. The fraction of sp³-hybridized carbons (Fsp3) is 0.471. The summed E-state index contributed by atoms with van der Waals surface area (Å²) in [5.41, 5.74) is 1.11. The van der Waals surface area contributed by atoms with Crippen LogP contribution >= 0.6 is 0 Å². The van der Waals surface area contributed by atoms with Gasteiger partial charge in [0, 0.05) is 24.4 Å². The molecule has 1 N–H and O–H groups in total. The minimum Gasteiger partial charge on any atom is -0.395 e. The van der Waals surface area contributed by atoms with Gasteiger partial charge in [0.05, 0.1) is 25.0 Å². The van der Waals surface area contributed by atoms with Crippen LogP contribution in [0.2, 0.25) is 0 Å². The molecule has 1 aromatic heterocycles. The summed E-state index contributed by atoms with van der Waals surface area (Å²) in [5.74, 6) is -0.379. The first-order valence-corrected chi connectivity index (χ1v) is 10.1. The fourth-order valence-corrected chi connectivity index (χ4v) is 4.12. The van der Waals surface area contributed by atoms with Crippen molar-refractivity contribution in [2.45, 2.75) is 37.1 Å². The summed E-state index contributed by atoms with van der Waals surface area (Å²) in [4.78, 5) is 6.18. The number of aromatic nitrogens is 2. The number of benzene rings is 1. The molecule has 1 atom stereocenters. The number of aliphatic hydroxyl groups is 1. The zero-order chi connectivity index (χ0) is 18.0. The van der Waals surface area contributed by atoms with E-state index in [0.29, 0.717) is 17.8 Å². The van der Waals surface area contributed by atoms with Crippen LogP contribution in [0, 0.1) is 5.82 Å². The molecule has 1 aromatic carbocycles. The maximum Gasteiger partial charge on any atom is 0.227 e. The predicted octanol–water partition coefficient (Wildman–Crippen LogP) is 1.43. The number of sulfone groups is 1. The number of imidazole rings is 1. The lowest BCUT2D eigenvalue weighted by Crippen LogP contribution is -2.32. The number of nitrogens with zero attached hydrogens (tertiary/aromatic N) is 3. The Morgan fingerprint density at radius 2 is 2.08 bits per heavy atom. The minimum absolute atomic E-state index is 0.0644. The van der Waals surface area contributed by atoms with Gasteiger partial charge in [-0.1, -0.05) is 18.2 Å². The Balaban J connectivity index is 1.96. The second-order valence-electron chi connectivity index (χ2n) is 6.43. The Labute approximate surface area is 146 Å². The molecule has 2 heterocycles. The third kappa shape index (κ3) is 3.91. The molecule has 0 radical (unpaired) electrons. The molecule has 1 saturated heterocycles. The van der Waals surface area contributed by atoms with E-state index in [2.05, 4.69) is 9.88 Å². The van der Waals surface area contributed by atoms with Gasteiger partial charge in [-0.2, -0.15) is 0 Å². The lowest BCUT2D eigenvalue weighted by atomic mass is 10.2. The van der Waals surface area contributed by atoms with Gasteiger partial charge in [-0.05, 0) is 25.5 Å². The molecule has 0 spiro atoms. The van der Waals surface area contributed by atoms with Crippen LogP contribution in [-0.2, 0) is 22.9 Å². The van der Waals surface area contributed by atoms with Gasteiger partial charge in [0.1, 0.15) is 5.82 Å². The summed E-state index contributed by atoms with van der Waals surface area (Å²) >= 11 is 0. The zero-order valence-electron chi connectivity index (χ0n) is 14.1. The highest BCUT2D eigenvalue weighted by Gasteiger charge is 2.27. The first-order chi connectivity index (χ1) is 11.9. The van der Waals surface area contributed by atoms with Crippen molar-refractivity contribution in [3.8, 4) is 0 Å². The molecule has 1 fully saturated rings. The summed E-state index contributed by atoms with van der Waals surface area (Å²) < 4.78 is 39.7. The maximum absolute atomic E-state index is 14.0. The number of hydrogen-bond donors (Lipinski definition) is 1.